The standard InChI is InChI=1S/C14H13IN2O5S/c1-9-3-4-10(17(18)19)7-13(9)16-23(20,21)11-5-6-14(22-2)12(15)8-11/h3-8,16H,1-2H3. The smallest absolute Gasteiger partial charge is 0.271 e. The molecule has 0 aliphatic heterocycles. The van der Waals surface area contributed by atoms with Gasteiger partial charge in [-0.15, -0.1) is 0 Å². The van der Waals surface area contributed by atoms with Crippen LogP contribution in [0.2, 0.25) is 0 Å². The largest absolute Gasteiger partial charge is 0.496 e. The molecular formula is C14H13IN2O5S. The molecule has 0 saturated heterocycles. The lowest BCUT2D eigenvalue weighted by molar-refractivity contribution is -0.384. The molecule has 2 aromatic carbocycles. The highest BCUT2D eigenvalue weighted by Gasteiger charge is 2.18. The minimum absolute atomic E-state index is 0.0496. The molecule has 0 saturated carbocycles. The predicted molar refractivity (Wildman–Crippen MR) is 94.4 cm³/mol. The molecule has 0 aliphatic carbocycles. The average molecular weight is 448 g/mol. The molecule has 0 fully saturated rings. The van der Waals surface area contributed by atoms with Crippen LogP contribution in [0.1, 0.15) is 5.56 Å². The minimum atomic E-state index is -3.86. The summed E-state index contributed by atoms with van der Waals surface area (Å²) in [6.45, 7) is 1.67. The third kappa shape index (κ3) is 3.91. The molecule has 0 bridgehead atoms. The Kier molecular flexibility index (Phi) is 5.09. The van der Waals surface area contributed by atoms with Crippen LogP contribution in [0.5, 0.6) is 5.75 Å². The molecule has 2 aromatic rings. The van der Waals surface area contributed by atoms with Crippen LogP contribution < -0.4 is 9.46 Å². The van der Waals surface area contributed by atoms with Gasteiger partial charge in [-0.1, -0.05) is 6.07 Å². The molecule has 0 radical (unpaired) electrons. The van der Waals surface area contributed by atoms with E-state index >= 15 is 0 Å². The average Bonchev–Trinajstić information content (AvgIpc) is 2.49. The number of non-ortho nitro benzene ring substituents is 1. The monoisotopic (exact) mass is 448 g/mol. The first kappa shape index (κ1) is 17.5. The second-order valence-corrected chi connectivity index (χ2v) is 7.50. The lowest BCUT2D eigenvalue weighted by Gasteiger charge is -2.11. The van der Waals surface area contributed by atoms with E-state index in [1.807, 2.05) is 22.6 Å². The molecule has 0 heterocycles. The first-order chi connectivity index (χ1) is 10.7. The van der Waals surface area contributed by atoms with Crippen molar-refractivity contribution in [2.45, 2.75) is 11.8 Å². The third-order valence-electron chi connectivity index (χ3n) is 3.11. The number of sulfonamides is 1. The Hall–Kier alpha value is -1.88. The van der Waals surface area contributed by atoms with Crippen LogP contribution in [0, 0.1) is 20.6 Å². The highest BCUT2D eigenvalue weighted by Crippen LogP contribution is 2.27. The zero-order valence-electron chi connectivity index (χ0n) is 12.2. The fourth-order valence-corrected chi connectivity index (χ4v) is 3.95. The van der Waals surface area contributed by atoms with Gasteiger partial charge in [-0.3, -0.25) is 14.8 Å². The number of methoxy groups -OCH3 is 1. The van der Waals surface area contributed by atoms with Crippen LogP contribution >= 0.6 is 22.6 Å². The molecule has 7 nitrogen and oxygen atoms in total. The molecule has 2 rings (SSSR count). The quantitative estimate of drug-likeness (QED) is 0.430. The fraction of sp³-hybridized carbons (Fsp3) is 0.143. The summed E-state index contributed by atoms with van der Waals surface area (Å²) in [4.78, 5) is 10.3. The van der Waals surface area contributed by atoms with E-state index in [2.05, 4.69) is 4.72 Å². The summed E-state index contributed by atoms with van der Waals surface area (Å²) < 4.78 is 33.0. The van der Waals surface area contributed by atoms with Crippen molar-refractivity contribution in [1.29, 1.82) is 0 Å². The zero-order valence-corrected chi connectivity index (χ0v) is 15.2. The van der Waals surface area contributed by atoms with Gasteiger partial charge in [0, 0.05) is 12.1 Å². The van der Waals surface area contributed by atoms with Crippen molar-refractivity contribution in [3.05, 3.63) is 55.6 Å². The number of nitrogens with one attached hydrogen (secondary N) is 1. The Bertz CT molecular complexity index is 867. The van der Waals surface area contributed by atoms with E-state index in [1.54, 1.807) is 13.0 Å². The van der Waals surface area contributed by atoms with Crippen molar-refractivity contribution in [2.24, 2.45) is 0 Å². The van der Waals surface area contributed by atoms with E-state index in [1.165, 1.54) is 37.4 Å². The second kappa shape index (κ2) is 6.71. The molecule has 0 aromatic heterocycles. The Labute approximate surface area is 147 Å². The van der Waals surface area contributed by atoms with Gasteiger partial charge in [0.1, 0.15) is 5.75 Å². The van der Waals surface area contributed by atoms with Crippen molar-refractivity contribution in [1.82, 2.24) is 0 Å². The van der Waals surface area contributed by atoms with Crippen molar-refractivity contribution < 1.29 is 18.1 Å². The topological polar surface area (TPSA) is 98.5 Å². The number of hydrogen-bond acceptors (Lipinski definition) is 5. The molecule has 0 amide bonds. The van der Waals surface area contributed by atoms with Crippen molar-refractivity contribution >= 4 is 44.0 Å². The summed E-state index contributed by atoms with van der Waals surface area (Å²) >= 11 is 1.97. The normalized spacial score (nSPS) is 11.1. The zero-order chi connectivity index (χ0) is 17.2. The number of anilines is 1. The van der Waals surface area contributed by atoms with E-state index in [-0.39, 0.29) is 16.3 Å². The summed E-state index contributed by atoms with van der Waals surface area (Å²) in [5, 5.41) is 10.8. The minimum Gasteiger partial charge on any atom is -0.496 e. The lowest BCUT2D eigenvalue weighted by atomic mass is 10.2. The summed E-state index contributed by atoms with van der Waals surface area (Å²) in [6.07, 6.45) is 0. The number of hydrogen-bond donors (Lipinski definition) is 1. The van der Waals surface area contributed by atoms with Crippen molar-refractivity contribution in [3.63, 3.8) is 0 Å². The Morgan fingerprint density at radius 3 is 2.48 bits per heavy atom. The van der Waals surface area contributed by atoms with Crippen LogP contribution in [0.15, 0.2) is 41.3 Å². The van der Waals surface area contributed by atoms with Crippen LogP contribution in [-0.4, -0.2) is 20.5 Å². The number of nitrogens with zero attached hydrogens (tertiary/aromatic N) is 1. The van der Waals surface area contributed by atoms with Crippen LogP contribution in [0.3, 0.4) is 0 Å². The summed E-state index contributed by atoms with van der Waals surface area (Å²) in [5.41, 5.74) is 0.574. The highest BCUT2D eigenvalue weighted by molar-refractivity contribution is 14.1. The predicted octanol–water partition coefficient (Wildman–Crippen LogP) is 3.32. The molecule has 0 atom stereocenters. The SMILES string of the molecule is COc1ccc(S(=O)(=O)Nc2cc([N+](=O)[O-])ccc2C)cc1I. The molecule has 9 heteroatoms. The van der Waals surface area contributed by atoms with Gasteiger partial charge in [0.25, 0.3) is 15.7 Å². The van der Waals surface area contributed by atoms with Crippen molar-refractivity contribution in [3.8, 4) is 5.75 Å². The molecule has 23 heavy (non-hydrogen) atoms. The van der Waals surface area contributed by atoms with Gasteiger partial charge in [-0.2, -0.15) is 0 Å². The van der Waals surface area contributed by atoms with E-state index < -0.39 is 14.9 Å². The third-order valence-corrected chi connectivity index (χ3v) is 5.32. The Morgan fingerprint density at radius 2 is 1.91 bits per heavy atom. The maximum atomic E-state index is 12.5. The number of halogens is 1. The van der Waals surface area contributed by atoms with Crippen LogP contribution in [0.4, 0.5) is 11.4 Å². The summed E-state index contributed by atoms with van der Waals surface area (Å²) in [6, 6.07) is 8.44. The van der Waals surface area contributed by atoms with E-state index in [9.17, 15) is 18.5 Å². The van der Waals surface area contributed by atoms with Crippen molar-refractivity contribution in [2.75, 3.05) is 11.8 Å². The van der Waals surface area contributed by atoms with Gasteiger partial charge in [0.2, 0.25) is 0 Å². The number of ether oxygens (including phenoxy) is 1. The van der Waals surface area contributed by atoms with Crippen LogP contribution in [-0.2, 0) is 10.0 Å². The Balaban J connectivity index is 2.40. The highest BCUT2D eigenvalue weighted by atomic mass is 127. The van der Waals surface area contributed by atoms with Gasteiger partial charge >= 0.3 is 0 Å². The van der Waals surface area contributed by atoms with Gasteiger partial charge in [0.05, 0.1) is 26.2 Å². The first-order valence-electron chi connectivity index (χ1n) is 6.36. The molecule has 1 N–H and O–H groups in total. The van der Waals surface area contributed by atoms with E-state index in [0.717, 1.165) is 0 Å². The number of rotatable bonds is 5. The fourth-order valence-electron chi connectivity index (χ4n) is 1.85. The second-order valence-electron chi connectivity index (χ2n) is 4.66. The molecular weight excluding hydrogens is 435 g/mol. The summed E-state index contributed by atoms with van der Waals surface area (Å²) in [7, 11) is -2.36. The lowest BCUT2D eigenvalue weighted by Crippen LogP contribution is -2.14. The Morgan fingerprint density at radius 1 is 1.22 bits per heavy atom. The summed E-state index contributed by atoms with van der Waals surface area (Å²) in [5.74, 6) is 0.566. The maximum absolute atomic E-state index is 12.5. The van der Waals surface area contributed by atoms with E-state index in [4.69, 9.17) is 4.74 Å². The number of aryl methyl sites for hydroxylation is 1. The molecule has 0 unspecified atom stereocenters. The van der Waals surface area contributed by atoms with Gasteiger partial charge in [0.15, 0.2) is 0 Å². The first-order valence-corrected chi connectivity index (χ1v) is 8.92. The molecule has 0 aliphatic rings. The van der Waals surface area contributed by atoms with Gasteiger partial charge in [-0.05, 0) is 53.3 Å². The molecule has 122 valence electrons. The van der Waals surface area contributed by atoms with Crippen LogP contribution in [0.25, 0.3) is 0 Å². The number of benzene rings is 2. The van der Waals surface area contributed by atoms with Gasteiger partial charge in [-0.25, -0.2) is 8.42 Å². The maximum Gasteiger partial charge on any atom is 0.271 e. The molecule has 0 spiro atoms. The number of nitro groups is 1. The number of nitro benzene ring substituents is 1. The van der Waals surface area contributed by atoms with E-state index in [0.29, 0.717) is 14.9 Å². The van der Waals surface area contributed by atoms with Gasteiger partial charge < -0.3 is 4.74 Å².